The van der Waals surface area contributed by atoms with Crippen LogP contribution >= 0.6 is 0 Å². The SMILES string of the molecule is O=C(/C=C/c1ccc2c(c1)OCO2)NCC(c1cccc(F)c1)N1CCOCC1. The van der Waals surface area contributed by atoms with Crippen LogP contribution in [0.4, 0.5) is 4.39 Å². The second-order valence-corrected chi connectivity index (χ2v) is 6.91. The Bertz CT molecular complexity index is 896. The molecule has 1 fully saturated rings. The summed E-state index contributed by atoms with van der Waals surface area (Å²) in [4.78, 5) is 14.6. The molecular formula is C22H23FN2O4. The van der Waals surface area contributed by atoms with E-state index in [2.05, 4.69) is 10.2 Å². The predicted molar refractivity (Wildman–Crippen MR) is 106 cm³/mol. The fourth-order valence-electron chi connectivity index (χ4n) is 3.51. The molecule has 2 aromatic rings. The van der Waals surface area contributed by atoms with Crippen LogP contribution in [0.3, 0.4) is 0 Å². The Labute approximate surface area is 168 Å². The van der Waals surface area contributed by atoms with Crippen molar-refractivity contribution < 1.29 is 23.4 Å². The minimum absolute atomic E-state index is 0.113. The highest BCUT2D eigenvalue weighted by molar-refractivity contribution is 5.91. The molecule has 1 saturated heterocycles. The van der Waals surface area contributed by atoms with Gasteiger partial charge in [-0.2, -0.15) is 0 Å². The molecule has 0 saturated carbocycles. The second kappa shape index (κ2) is 9.07. The van der Waals surface area contributed by atoms with Gasteiger partial charge in [-0.3, -0.25) is 9.69 Å². The first-order chi connectivity index (χ1) is 14.2. The van der Waals surface area contributed by atoms with Crippen LogP contribution in [0, 0.1) is 5.82 Å². The molecule has 0 aromatic heterocycles. The van der Waals surface area contributed by atoms with Gasteiger partial charge in [0.15, 0.2) is 11.5 Å². The van der Waals surface area contributed by atoms with Gasteiger partial charge in [-0.15, -0.1) is 0 Å². The van der Waals surface area contributed by atoms with Crippen molar-refractivity contribution in [1.29, 1.82) is 0 Å². The molecule has 2 aliphatic rings. The molecule has 4 rings (SSSR count). The molecule has 0 aliphatic carbocycles. The van der Waals surface area contributed by atoms with E-state index in [1.807, 2.05) is 24.3 Å². The third-order valence-electron chi connectivity index (χ3n) is 5.01. The molecule has 2 heterocycles. The molecule has 7 heteroatoms. The fraction of sp³-hybridized carbons (Fsp3) is 0.318. The molecule has 1 unspecified atom stereocenters. The van der Waals surface area contributed by atoms with E-state index in [1.54, 1.807) is 12.1 Å². The number of halogens is 1. The Morgan fingerprint density at radius 1 is 1.14 bits per heavy atom. The quantitative estimate of drug-likeness (QED) is 0.759. The number of hydrogen-bond acceptors (Lipinski definition) is 5. The summed E-state index contributed by atoms with van der Waals surface area (Å²) in [7, 11) is 0. The number of ether oxygens (including phenoxy) is 3. The lowest BCUT2D eigenvalue weighted by Gasteiger charge is -2.34. The summed E-state index contributed by atoms with van der Waals surface area (Å²) in [5, 5.41) is 2.93. The predicted octanol–water partition coefficient (Wildman–Crippen LogP) is 2.76. The highest BCUT2D eigenvalue weighted by Gasteiger charge is 2.23. The van der Waals surface area contributed by atoms with Crippen molar-refractivity contribution >= 4 is 12.0 Å². The number of benzene rings is 2. The van der Waals surface area contributed by atoms with Crippen LogP contribution in [-0.4, -0.2) is 50.4 Å². The smallest absolute Gasteiger partial charge is 0.244 e. The number of carbonyl (C=O) groups excluding carboxylic acids is 1. The summed E-state index contributed by atoms with van der Waals surface area (Å²) >= 11 is 0. The monoisotopic (exact) mass is 398 g/mol. The van der Waals surface area contributed by atoms with Gasteiger partial charge in [-0.25, -0.2) is 4.39 Å². The van der Waals surface area contributed by atoms with Crippen LogP contribution < -0.4 is 14.8 Å². The van der Waals surface area contributed by atoms with Crippen LogP contribution in [0.2, 0.25) is 0 Å². The topological polar surface area (TPSA) is 60.0 Å². The summed E-state index contributed by atoms with van der Waals surface area (Å²) in [6.07, 6.45) is 3.21. The van der Waals surface area contributed by atoms with Crippen molar-refractivity contribution in [3.8, 4) is 11.5 Å². The van der Waals surface area contributed by atoms with Gasteiger partial charge >= 0.3 is 0 Å². The number of nitrogens with zero attached hydrogens (tertiary/aromatic N) is 1. The molecule has 152 valence electrons. The molecule has 0 bridgehead atoms. The summed E-state index contributed by atoms with van der Waals surface area (Å²) in [6.45, 7) is 3.33. The van der Waals surface area contributed by atoms with Crippen molar-refractivity contribution in [3.63, 3.8) is 0 Å². The number of morpholine rings is 1. The largest absolute Gasteiger partial charge is 0.454 e. The van der Waals surface area contributed by atoms with E-state index in [4.69, 9.17) is 14.2 Å². The zero-order valence-corrected chi connectivity index (χ0v) is 16.0. The van der Waals surface area contributed by atoms with Gasteiger partial charge in [0.1, 0.15) is 5.82 Å². The lowest BCUT2D eigenvalue weighted by molar-refractivity contribution is -0.116. The molecule has 1 N–H and O–H groups in total. The van der Waals surface area contributed by atoms with E-state index in [1.165, 1.54) is 18.2 Å². The van der Waals surface area contributed by atoms with Gasteiger partial charge in [0, 0.05) is 25.7 Å². The Balaban J connectivity index is 1.40. The van der Waals surface area contributed by atoms with Crippen LogP contribution in [0.5, 0.6) is 11.5 Å². The van der Waals surface area contributed by atoms with Crippen molar-refractivity contribution in [2.45, 2.75) is 6.04 Å². The van der Waals surface area contributed by atoms with Gasteiger partial charge in [0.05, 0.1) is 19.3 Å². The highest BCUT2D eigenvalue weighted by Crippen LogP contribution is 2.32. The van der Waals surface area contributed by atoms with E-state index in [0.717, 1.165) is 24.2 Å². The molecule has 29 heavy (non-hydrogen) atoms. The maximum absolute atomic E-state index is 13.7. The molecular weight excluding hydrogens is 375 g/mol. The second-order valence-electron chi connectivity index (χ2n) is 6.91. The molecule has 0 radical (unpaired) electrons. The first-order valence-electron chi connectivity index (χ1n) is 9.62. The first kappa shape index (κ1) is 19.4. The van der Waals surface area contributed by atoms with E-state index in [0.29, 0.717) is 31.3 Å². The summed E-state index contributed by atoms with van der Waals surface area (Å²) in [5.74, 6) is 0.883. The molecule has 2 aromatic carbocycles. The fourth-order valence-corrected chi connectivity index (χ4v) is 3.51. The molecule has 6 nitrogen and oxygen atoms in total. The first-order valence-corrected chi connectivity index (χ1v) is 9.62. The Morgan fingerprint density at radius 3 is 2.79 bits per heavy atom. The van der Waals surface area contributed by atoms with Gasteiger partial charge in [-0.1, -0.05) is 18.2 Å². The Morgan fingerprint density at radius 2 is 1.97 bits per heavy atom. The van der Waals surface area contributed by atoms with Crippen LogP contribution in [0.1, 0.15) is 17.2 Å². The van der Waals surface area contributed by atoms with Crippen LogP contribution in [-0.2, 0) is 9.53 Å². The van der Waals surface area contributed by atoms with Crippen LogP contribution in [0.15, 0.2) is 48.5 Å². The number of nitrogens with one attached hydrogen (secondary N) is 1. The highest BCUT2D eigenvalue weighted by atomic mass is 19.1. The lowest BCUT2D eigenvalue weighted by Crippen LogP contribution is -2.43. The van der Waals surface area contributed by atoms with Crippen molar-refractivity contribution in [1.82, 2.24) is 10.2 Å². The number of fused-ring (bicyclic) bond motifs is 1. The summed E-state index contributed by atoms with van der Waals surface area (Å²) in [5.41, 5.74) is 1.69. The maximum atomic E-state index is 13.7. The van der Waals surface area contributed by atoms with E-state index in [-0.39, 0.29) is 24.6 Å². The van der Waals surface area contributed by atoms with E-state index < -0.39 is 0 Å². The molecule has 1 atom stereocenters. The van der Waals surface area contributed by atoms with Crippen molar-refractivity contribution in [2.75, 3.05) is 39.6 Å². The minimum Gasteiger partial charge on any atom is -0.454 e. The van der Waals surface area contributed by atoms with Gasteiger partial charge < -0.3 is 19.5 Å². The average molecular weight is 398 g/mol. The molecule has 1 amide bonds. The number of hydrogen-bond donors (Lipinski definition) is 1. The van der Waals surface area contributed by atoms with Crippen molar-refractivity contribution in [3.05, 3.63) is 65.5 Å². The van der Waals surface area contributed by atoms with Gasteiger partial charge in [0.25, 0.3) is 0 Å². The number of amides is 1. The summed E-state index contributed by atoms with van der Waals surface area (Å²) in [6, 6.07) is 11.9. The third kappa shape index (κ3) is 4.93. The number of rotatable bonds is 6. The zero-order valence-electron chi connectivity index (χ0n) is 16.0. The maximum Gasteiger partial charge on any atom is 0.244 e. The van der Waals surface area contributed by atoms with Gasteiger partial charge in [-0.05, 0) is 41.5 Å². The Hall–Kier alpha value is -2.90. The lowest BCUT2D eigenvalue weighted by atomic mass is 10.0. The standard InChI is InChI=1S/C22H23FN2O4/c23-18-3-1-2-17(13-18)19(25-8-10-27-11-9-25)14-24-22(26)7-5-16-4-6-20-21(12-16)29-15-28-20/h1-7,12-13,19H,8-11,14-15H2,(H,24,26)/b7-5+. The average Bonchev–Trinajstić information content (AvgIpc) is 3.21. The van der Waals surface area contributed by atoms with E-state index in [9.17, 15) is 9.18 Å². The van der Waals surface area contributed by atoms with Crippen molar-refractivity contribution in [2.24, 2.45) is 0 Å². The van der Waals surface area contributed by atoms with Gasteiger partial charge in [0.2, 0.25) is 12.7 Å². The number of carbonyl (C=O) groups is 1. The molecule has 2 aliphatic heterocycles. The normalized spacial score (nSPS) is 17.4. The zero-order chi connectivity index (χ0) is 20.1. The van der Waals surface area contributed by atoms with Crippen LogP contribution in [0.25, 0.3) is 6.08 Å². The Kier molecular flexibility index (Phi) is 6.07. The minimum atomic E-state index is -0.283. The third-order valence-corrected chi connectivity index (χ3v) is 5.01. The summed E-state index contributed by atoms with van der Waals surface area (Å²) < 4.78 is 29.8. The molecule has 0 spiro atoms. The van der Waals surface area contributed by atoms with E-state index >= 15 is 0 Å².